The summed E-state index contributed by atoms with van der Waals surface area (Å²) in [5, 5.41) is 10.3. The fraction of sp³-hybridized carbons (Fsp3) is 1.00. The van der Waals surface area contributed by atoms with Crippen LogP contribution >= 0.6 is 0 Å². The molecule has 3 N–H and O–H groups in total. The molecule has 5 saturated carbocycles. The molecule has 0 amide bonds. The standard InChI is InChI=1S/C15H25NO/c16-8-13(17)15(1-2-15)14-11-4-9-3-10(6-11)7-12(14)5-9/h9-14,17H,1-8,16H2. The second kappa shape index (κ2) is 3.48. The van der Waals surface area contributed by atoms with Crippen LogP contribution < -0.4 is 5.73 Å². The van der Waals surface area contributed by atoms with Crippen LogP contribution in [0.3, 0.4) is 0 Å². The summed E-state index contributed by atoms with van der Waals surface area (Å²) in [7, 11) is 0. The maximum atomic E-state index is 10.3. The Morgan fingerprint density at radius 1 is 1.00 bits per heavy atom. The fourth-order valence-electron chi connectivity index (χ4n) is 6.13. The summed E-state index contributed by atoms with van der Waals surface area (Å²) >= 11 is 0. The molecule has 0 saturated heterocycles. The molecule has 1 atom stereocenters. The van der Waals surface area contributed by atoms with Crippen LogP contribution in [0.25, 0.3) is 0 Å². The third-order valence-electron chi connectivity index (χ3n) is 6.60. The van der Waals surface area contributed by atoms with Crippen molar-refractivity contribution in [2.45, 2.75) is 51.0 Å². The van der Waals surface area contributed by atoms with Crippen LogP contribution in [0.4, 0.5) is 0 Å². The average molecular weight is 235 g/mol. The molecule has 0 aromatic carbocycles. The molecule has 0 heterocycles. The van der Waals surface area contributed by atoms with E-state index in [1.54, 1.807) is 0 Å². The highest BCUT2D eigenvalue weighted by Crippen LogP contribution is 2.68. The molecule has 5 aliphatic carbocycles. The molecule has 96 valence electrons. The minimum absolute atomic E-state index is 0.218. The van der Waals surface area contributed by atoms with E-state index in [0.29, 0.717) is 6.54 Å². The smallest absolute Gasteiger partial charge is 0.0721 e. The molecule has 4 bridgehead atoms. The van der Waals surface area contributed by atoms with Crippen molar-refractivity contribution in [1.29, 1.82) is 0 Å². The normalized spacial score (nSPS) is 51.5. The number of hydrogen-bond donors (Lipinski definition) is 2. The Bertz CT molecular complexity index is 295. The van der Waals surface area contributed by atoms with E-state index < -0.39 is 0 Å². The molecule has 0 aromatic heterocycles. The van der Waals surface area contributed by atoms with Crippen molar-refractivity contribution in [1.82, 2.24) is 0 Å². The molecule has 17 heavy (non-hydrogen) atoms. The number of nitrogens with two attached hydrogens (primary N) is 1. The summed E-state index contributed by atoms with van der Waals surface area (Å²) in [6, 6.07) is 0. The first kappa shape index (κ1) is 10.8. The lowest BCUT2D eigenvalue weighted by Gasteiger charge is -2.57. The largest absolute Gasteiger partial charge is 0.391 e. The second-order valence-electron chi connectivity index (χ2n) is 7.44. The fourth-order valence-corrected chi connectivity index (χ4v) is 6.13. The van der Waals surface area contributed by atoms with Crippen LogP contribution in [0, 0.1) is 35.0 Å². The van der Waals surface area contributed by atoms with Gasteiger partial charge in [0.2, 0.25) is 0 Å². The van der Waals surface area contributed by atoms with E-state index in [0.717, 1.165) is 29.6 Å². The van der Waals surface area contributed by atoms with Gasteiger partial charge in [0.1, 0.15) is 0 Å². The van der Waals surface area contributed by atoms with Crippen molar-refractivity contribution in [3.8, 4) is 0 Å². The zero-order valence-corrected chi connectivity index (χ0v) is 10.6. The van der Waals surface area contributed by atoms with Gasteiger partial charge in [0, 0.05) is 12.0 Å². The van der Waals surface area contributed by atoms with Gasteiger partial charge in [-0.3, -0.25) is 0 Å². The topological polar surface area (TPSA) is 46.2 Å². The van der Waals surface area contributed by atoms with Crippen LogP contribution in [0.2, 0.25) is 0 Å². The Labute approximate surface area is 104 Å². The van der Waals surface area contributed by atoms with Crippen LogP contribution in [0.1, 0.15) is 44.9 Å². The van der Waals surface area contributed by atoms with Crippen LogP contribution in [-0.4, -0.2) is 17.8 Å². The highest BCUT2D eigenvalue weighted by molar-refractivity contribution is 5.12. The Morgan fingerprint density at radius 3 is 1.94 bits per heavy atom. The first-order chi connectivity index (χ1) is 8.23. The predicted octanol–water partition coefficient (Wildman–Crippen LogP) is 2.16. The predicted molar refractivity (Wildman–Crippen MR) is 67.3 cm³/mol. The van der Waals surface area contributed by atoms with Gasteiger partial charge < -0.3 is 10.8 Å². The summed E-state index contributed by atoms with van der Waals surface area (Å²) in [5.74, 6) is 4.79. The lowest BCUT2D eigenvalue weighted by molar-refractivity contribution is -0.0965. The lowest BCUT2D eigenvalue weighted by atomic mass is 9.48. The number of aliphatic hydroxyl groups is 1. The zero-order valence-electron chi connectivity index (χ0n) is 10.6. The van der Waals surface area contributed by atoms with Crippen molar-refractivity contribution in [2.24, 2.45) is 40.7 Å². The first-order valence-corrected chi connectivity index (χ1v) is 7.61. The van der Waals surface area contributed by atoms with Gasteiger partial charge in [0.15, 0.2) is 0 Å². The van der Waals surface area contributed by atoms with Gasteiger partial charge in [-0.15, -0.1) is 0 Å². The maximum Gasteiger partial charge on any atom is 0.0721 e. The first-order valence-electron chi connectivity index (χ1n) is 7.61. The number of hydrogen-bond acceptors (Lipinski definition) is 2. The van der Waals surface area contributed by atoms with Gasteiger partial charge in [-0.2, -0.15) is 0 Å². The molecule has 5 rings (SSSR count). The van der Waals surface area contributed by atoms with Crippen molar-refractivity contribution in [3.63, 3.8) is 0 Å². The lowest BCUT2D eigenvalue weighted by Crippen LogP contribution is -2.51. The van der Waals surface area contributed by atoms with E-state index in [1.165, 1.54) is 44.9 Å². The minimum atomic E-state index is -0.218. The van der Waals surface area contributed by atoms with E-state index in [4.69, 9.17) is 5.73 Å². The van der Waals surface area contributed by atoms with Gasteiger partial charge >= 0.3 is 0 Å². The van der Waals surface area contributed by atoms with Crippen molar-refractivity contribution >= 4 is 0 Å². The van der Waals surface area contributed by atoms with Gasteiger partial charge in [-0.1, -0.05) is 0 Å². The second-order valence-corrected chi connectivity index (χ2v) is 7.44. The Kier molecular flexibility index (Phi) is 2.21. The third kappa shape index (κ3) is 1.40. The number of rotatable bonds is 3. The molecule has 0 aromatic rings. The van der Waals surface area contributed by atoms with E-state index >= 15 is 0 Å². The van der Waals surface area contributed by atoms with Crippen molar-refractivity contribution in [2.75, 3.05) is 6.54 Å². The molecule has 2 nitrogen and oxygen atoms in total. The molecule has 2 heteroatoms. The molecule has 0 spiro atoms. The van der Waals surface area contributed by atoms with Gasteiger partial charge in [-0.25, -0.2) is 0 Å². The molecule has 5 aliphatic rings. The summed E-state index contributed by atoms with van der Waals surface area (Å²) < 4.78 is 0. The zero-order chi connectivity index (χ0) is 11.6. The average Bonchev–Trinajstić information content (AvgIpc) is 3.08. The van der Waals surface area contributed by atoms with Crippen LogP contribution in [-0.2, 0) is 0 Å². The van der Waals surface area contributed by atoms with E-state index in [1.807, 2.05) is 0 Å². The summed E-state index contributed by atoms with van der Waals surface area (Å²) in [5.41, 5.74) is 6.00. The Hall–Kier alpha value is -0.0800. The van der Waals surface area contributed by atoms with Gasteiger partial charge in [0.05, 0.1) is 6.10 Å². The summed E-state index contributed by atoms with van der Waals surface area (Å²) in [4.78, 5) is 0. The molecule has 0 radical (unpaired) electrons. The maximum absolute atomic E-state index is 10.3. The third-order valence-corrected chi connectivity index (χ3v) is 6.60. The number of aliphatic hydroxyl groups excluding tert-OH is 1. The van der Waals surface area contributed by atoms with E-state index in [2.05, 4.69) is 0 Å². The minimum Gasteiger partial charge on any atom is -0.391 e. The Balaban J connectivity index is 1.62. The summed E-state index contributed by atoms with van der Waals surface area (Å²) in [6.07, 6.45) is 9.68. The van der Waals surface area contributed by atoms with Gasteiger partial charge in [0.25, 0.3) is 0 Å². The van der Waals surface area contributed by atoms with E-state index in [-0.39, 0.29) is 11.5 Å². The van der Waals surface area contributed by atoms with Crippen molar-refractivity contribution < 1.29 is 5.11 Å². The molecule has 0 aliphatic heterocycles. The van der Waals surface area contributed by atoms with Crippen LogP contribution in [0.15, 0.2) is 0 Å². The summed E-state index contributed by atoms with van der Waals surface area (Å²) in [6.45, 7) is 0.475. The molecule has 1 unspecified atom stereocenters. The van der Waals surface area contributed by atoms with Crippen LogP contribution in [0.5, 0.6) is 0 Å². The highest BCUT2D eigenvalue weighted by atomic mass is 16.3. The molecular weight excluding hydrogens is 210 g/mol. The Morgan fingerprint density at radius 2 is 1.53 bits per heavy atom. The quantitative estimate of drug-likeness (QED) is 0.787. The van der Waals surface area contributed by atoms with E-state index in [9.17, 15) is 5.11 Å². The van der Waals surface area contributed by atoms with Gasteiger partial charge in [-0.05, 0) is 74.5 Å². The SMILES string of the molecule is NCC(O)C1(C2C3CC4CC(C3)CC2C4)CC1. The highest BCUT2D eigenvalue weighted by Gasteiger charge is 2.62. The van der Waals surface area contributed by atoms with Crippen molar-refractivity contribution in [3.05, 3.63) is 0 Å². The molecular formula is C15H25NO. The monoisotopic (exact) mass is 235 g/mol. The molecule has 5 fully saturated rings.